The summed E-state index contributed by atoms with van der Waals surface area (Å²) >= 11 is 0. The lowest BCUT2D eigenvalue weighted by Gasteiger charge is -2.10. The average Bonchev–Trinajstić information content (AvgIpc) is 2.75. The molecule has 8 heteroatoms. The molecule has 0 saturated carbocycles. The van der Waals surface area contributed by atoms with Crippen molar-refractivity contribution in [1.82, 2.24) is 9.99 Å². The van der Waals surface area contributed by atoms with Crippen LogP contribution in [0.3, 0.4) is 0 Å². The van der Waals surface area contributed by atoms with E-state index in [2.05, 4.69) is 10.5 Å². The standard InChI is InChI=1S/C23H20FN3O4/c1-15(2)27-13-3-4-20(22(27)29)21(28)26-25-14-16-5-11-19(12-6-16)31-23(30)17-7-9-18(24)10-8-17/h3-15H,1-2H3,(H,26,28)/b25-14-. The topological polar surface area (TPSA) is 89.8 Å². The number of hydrogen-bond acceptors (Lipinski definition) is 5. The first kappa shape index (κ1) is 21.6. The summed E-state index contributed by atoms with van der Waals surface area (Å²) in [7, 11) is 0. The van der Waals surface area contributed by atoms with Gasteiger partial charge in [-0.05, 0) is 80.1 Å². The van der Waals surface area contributed by atoms with Gasteiger partial charge in [-0.25, -0.2) is 14.6 Å². The number of benzene rings is 2. The maximum atomic E-state index is 12.9. The van der Waals surface area contributed by atoms with Gasteiger partial charge in [-0.1, -0.05) is 0 Å². The number of hydrazone groups is 1. The van der Waals surface area contributed by atoms with E-state index in [1.165, 1.54) is 41.1 Å². The first-order valence-corrected chi connectivity index (χ1v) is 9.47. The number of carbonyl (C=O) groups is 2. The van der Waals surface area contributed by atoms with Crippen LogP contribution in [0.4, 0.5) is 4.39 Å². The zero-order valence-electron chi connectivity index (χ0n) is 16.9. The van der Waals surface area contributed by atoms with Crippen LogP contribution >= 0.6 is 0 Å². The molecule has 0 bridgehead atoms. The van der Waals surface area contributed by atoms with Crippen LogP contribution in [-0.4, -0.2) is 22.7 Å². The minimum Gasteiger partial charge on any atom is -0.423 e. The van der Waals surface area contributed by atoms with Crippen LogP contribution in [0.2, 0.25) is 0 Å². The Morgan fingerprint density at radius 1 is 1.06 bits per heavy atom. The third-order valence-corrected chi connectivity index (χ3v) is 4.33. The highest BCUT2D eigenvalue weighted by molar-refractivity contribution is 5.94. The largest absolute Gasteiger partial charge is 0.423 e. The molecule has 1 amide bonds. The quantitative estimate of drug-likeness (QED) is 0.285. The summed E-state index contributed by atoms with van der Waals surface area (Å²) in [6, 6.07) is 14.4. The molecule has 1 heterocycles. The number of nitrogens with one attached hydrogen (secondary N) is 1. The second-order valence-electron chi connectivity index (χ2n) is 6.89. The summed E-state index contributed by atoms with van der Waals surface area (Å²) in [6.07, 6.45) is 3.02. The maximum Gasteiger partial charge on any atom is 0.343 e. The molecule has 3 rings (SSSR count). The lowest BCUT2D eigenvalue weighted by molar-refractivity contribution is 0.0734. The first-order valence-electron chi connectivity index (χ1n) is 9.47. The van der Waals surface area contributed by atoms with Gasteiger partial charge in [0, 0.05) is 12.2 Å². The van der Waals surface area contributed by atoms with Gasteiger partial charge < -0.3 is 9.30 Å². The molecular formula is C23H20FN3O4. The normalized spacial score (nSPS) is 11.0. The number of esters is 1. The van der Waals surface area contributed by atoms with E-state index < -0.39 is 23.3 Å². The molecule has 7 nitrogen and oxygen atoms in total. The molecule has 2 aromatic carbocycles. The number of pyridine rings is 1. The number of ether oxygens (including phenoxy) is 1. The highest BCUT2D eigenvalue weighted by atomic mass is 19.1. The van der Waals surface area contributed by atoms with Crippen molar-refractivity contribution >= 4 is 18.1 Å². The fourth-order valence-corrected chi connectivity index (χ4v) is 2.69. The highest BCUT2D eigenvalue weighted by Gasteiger charge is 2.12. The molecule has 0 aliphatic carbocycles. The Morgan fingerprint density at radius 2 is 1.74 bits per heavy atom. The van der Waals surface area contributed by atoms with Gasteiger partial charge in [0.2, 0.25) is 0 Å². The first-order chi connectivity index (χ1) is 14.8. The number of aromatic nitrogens is 1. The molecule has 0 saturated heterocycles. The Balaban J connectivity index is 1.60. The summed E-state index contributed by atoms with van der Waals surface area (Å²) < 4.78 is 19.6. The number of nitrogens with zero attached hydrogens (tertiary/aromatic N) is 2. The van der Waals surface area contributed by atoms with E-state index in [4.69, 9.17) is 4.74 Å². The van der Waals surface area contributed by atoms with Crippen molar-refractivity contribution in [2.45, 2.75) is 19.9 Å². The van der Waals surface area contributed by atoms with Crippen molar-refractivity contribution in [1.29, 1.82) is 0 Å². The van der Waals surface area contributed by atoms with Gasteiger partial charge in [-0.2, -0.15) is 5.10 Å². The van der Waals surface area contributed by atoms with Crippen molar-refractivity contribution in [3.63, 3.8) is 0 Å². The van der Waals surface area contributed by atoms with Crippen LogP contribution in [0, 0.1) is 5.82 Å². The lowest BCUT2D eigenvalue weighted by Crippen LogP contribution is -2.31. The highest BCUT2D eigenvalue weighted by Crippen LogP contribution is 2.14. The Hall–Kier alpha value is -4.07. The molecule has 0 unspecified atom stereocenters. The van der Waals surface area contributed by atoms with Gasteiger partial charge in [0.05, 0.1) is 11.8 Å². The second kappa shape index (κ2) is 9.62. The van der Waals surface area contributed by atoms with E-state index in [0.717, 1.165) is 0 Å². The molecule has 0 aliphatic rings. The SMILES string of the molecule is CC(C)n1cccc(C(=O)N/N=C\c2ccc(OC(=O)c3ccc(F)cc3)cc2)c1=O. The summed E-state index contributed by atoms with van der Waals surface area (Å²) in [5.74, 6) is -1.36. The van der Waals surface area contributed by atoms with Crippen molar-refractivity contribution in [3.05, 3.63) is 99.7 Å². The van der Waals surface area contributed by atoms with Gasteiger partial charge in [-0.3, -0.25) is 9.59 Å². The maximum absolute atomic E-state index is 12.9. The minimum atomic E-state index is -0.610. The Bertz CT molecular complexity index is 1170. The summed E-state index contributed by atoms with van der Waals surface area (Å²) in [6.45, 7) is 3.70. The molecule has 0 fully saturated rings. The Kier molecular flexibility index (Phi) is 6.71. The molecule has 0 radical (unpaired) electrons. The van der Waals surface area contributed by atoms with E-state index >= 15 is 0 Å². The molecule has 0 aliphatic heterocycles. The van der Waals surface area contributed by atoms with Crippen LogP contribution in [0.15, 0.2) is 76.8 Å². The molecule has 158 valence electrons. The molecule has 1 N–H and O–H groups in total. The number of amides is 1. The van der Waals surface area contributed by atoms with Gasteiger partial charge in [0.25, 0.3) is 11.5 Å². The van der Waals surface area contributed by atoms with Gasteiger partial charge in [0.15, 0.2) is 0 Å². The Labute approximate surface area is 177 Å². The fraction of sp³-hybridized carbons (Fsp3) is 0.130. The summed E-state index contributed by atoms with van der Waals surface area (Å²) in [5.41, 5.74) is 2.80. The predicted octanol–water partition coefficient (Wildman–Crippen LogP) is 3.55. The van der Waals surface area contributed by atoms with Crippen LogP contribution < -0.4 is 15.7 Å². The molecular weight excluding hydrogens is 401 g/mol. The second-order valence-corrected chi connectivity index (χ2v) is 6.89. The average molecular weight is 421 g/mol. The zero-order chi connectivity index (χ0) is 22.4. The van der Waals surface area contributed by atoms with E-state index in [-0.39, 0.29) is 17.2 Å². The number of carbonyl (C=O) groups excluding carboxylic acids is 2. The van der Waals surface area contributed by atoms with Crippen molar-refractivity contribution in [2.24, 2.45) is 5.10 Å². The third kappa shape index (κ3) is 5.51. The van der Waals surface area contributed by atoms with Crippen LogP contribution in [0.1, 0.15) is 46.2 Å². The lowest BCUT2D eigenvalue weighted by atomic mass is 10.2. The van der Waals surface area contributed by atoms with E-state index in [0.29, 0.717) is 11.3 Å². The van der Waals surface area contributed by atoms with Crippen LogP contribution in [0.25, 0.3) is 0 Å². The minimum absolute atomic E-state index is 0.00333. The number of halogens is 1. The molecule has 0 atom stereocenters. The summed E-state index contributed by atoms with van der Waals surface area (Å²) in [4.78, 5) is 36.6. The molecule has 1 aromatic heterocycles. The molecule has 0 spiro atoms. The summed E-state index contributed by atoms with van der Waals surface area (Å²) in [5, 5.41) is 3.86. The van der Waals surface area contributed by atoms with E-state index in [1.54, 1.807) is 36.5 Å². The van der Waals surface area contributed by atoms with Gasteiger partial charge in [0.1, 0.15) is 17.1 Å². The van der Waals surface area contributed by atoms with Crippen molar-refractivity contribution < 1.29 is 18.7 Å². The van der Waals surface area contributed by atoms with Gasteiger partial charge >= 0.3 is 5.97 Å². The van der Waals surface area contributed by atoms with E-state index in [1.807, 2.05) is 13.8 Å². The van der Waals surface area contributed by atoms with Crippen LogP contribution in [0.5, 0.6) is 5.75 Å². The number of rotatable bonds is 6. The molecule has 31 heavy (non-hydrogen) atoms. The van der Waals surface area contributed by atoms with Crippen molar-refractivity contribution in [2.75, 3.05) is 0 Å². The monoisotopic (exact) mass is 421 g/mol. The smallest absolute Gasteiger partial charge is 0.343 e. The van der Waals surface area contributed by atoms with Crippen molar-refractivity contribution in [3.8, 4) is 5.75 Å². The van der Waals surface area contributed by atoms with E-state index in [9.17, 15) is 18.8 Å². The third-order valence-electron chi connectivity index (χ3n) is 4.33. The zero-order valence-corrected chi connectivity index (χ0v) is 16.9. The van der Waals surface area contributed by atoms with Crippen LogP contribution in [-0.2, 0) is 0 Å². The number of hydrogen-bond donors (Lipinski definition) is 1. The fourth-order valence-electron chi connectivity index (χ4n) is 2.69. The van der Waals surface area contributed by atoms with Gasteiger partial charge in [-0.15, -0.1) is 0 Å². The molecule has 3 aromatic rings. The predicted molar refractivity (Wildman–Crippen MR) is 114 cm³/mol. The Morgan fingerprint density at radius 3 is 2.39 bits per heavy atom.